The van der Waals surface area contributed by atoms with E-state index in [2.05, 4.69) is 5.32 Å². The van der Waals surface area contributed by atoms with Gasteiger partial charge in [-0.05, 0) is 20.0 Å². The van der Waals surface area contributed by atoms with Gasteiger partial charge < -0.3 is 15.4 Å². The fourth-order valence-electron chi connectivity index (χ4n) is 1.59. The third-order valence-corrected chi connectivity index (χ3v) is 2.80. The van der Waals surface area contributed by atoms with Crippen LogP contribution >= 0.6 is 0 Å². The molecule has 0 aliphatic rings. The zero-order valence-electron chi connectivity index (χ0n) is 11.0. The van der Waals surface area contributed by atoms with Crippen LogP contribution in [0.4, 0.5) is 0 Å². The van der Waals surface area contributed by atoms with Crippen LogP contribution in [0.3, 0.4) is 0 Å². The molecule has 0 bridgehead atoms. The van der Waals surface area contributed by atoms with Crippen molar-refractivity contribution in [1.82, 2.24) is 10.2 Å². The lowest BCUT2D eigenvalue weighted by Crippen LogP contribution is -2.62. The van der Waals surface area contributed by atoms with E-state index in [-0.39, 0.29) is 11.8 Å². The molecule has 1 atom stereocenters. The third kappa shape index (κ3) is 4.08. The summed E-state index contributed by atoms with van der Waals surface area (Å²) in [5.41, 5.74) is 4.71. The van der Waals surface area contributed by atoms with Crippen molar-refractivity contribution in [2.24, 2.45) is 11.7 Å². The zero-order valence-corrected chi connectivity index (χ0v) is 11.0. The molecule has 1 unspecified atom stereocenters. The van der Waals surface area contributed by atoms with Crippen LogP contribution in [0, 0.1) is 5.92 Å². The second kappa shape index (κ2) is 6.83. The molecule has 3 N–H and O–H groups in total. The minimum absolute atomic E-state index is 0.0899. The normalized spacial score (nSPS) is 15.4. The second-order valence-corrected chi connectivity index (χ2v) is 4.65. The van der Waals surface area contributed by atoms with Crippen molar-refractivity contribution in [3.63, 3.8) is 0 Å². The van der Waals surface area contributed by atoms with E-state index >= 15 is 0 Å². The molecule has 0 saturated heterocycles. The first-order chi connectivity index (χ1) is 7.36. The molecule has 5 nitrogen and oxygen atoms in total. The highest BCUT2D eigenvalue weighted by atomic mass is 16.5. The Hall–Kier alpha value is -0.650. The molecular weight excluding hydrogens is 206 g/mol. The van der Waals surface area contributed by atoms with E-state index < -0.39 is 5.54 Å². The molecule has 96 valence electrons. The van der Waals surface area contributed by atoms with Crippen molar-refractivity contribution in [1.29, 1.82) is 0 Å². The summed E-state index contributed by atoms with van der Waals surface area (Å²) in [6.45, 7) is 5.79. The molecule has 0 saturated carbocycles. The highest BCUT2D eigenvalue weighted by molar-refractivity contribution is 5.85. The molecule has 0 aromatic carbocycles. The highest BCUT2D eigenvalue weighted by Crippen LogP contribution is 2.17. The number of rotatable bonds is 8. The summed E-state index contributed by atoms with van der Waals surface area (Å²) < 4.78 is 5.11. The Morgan fingerprint density at radius 3 is 2.38 bits per heavy atom. The predicted octanol–water partition coefficient (Wildman–Crippen LogP) is -0.336. The number of amides is 1. The van der Waals surface area contributed by atoms with Gasteiger partial charge in [-0.15, -0.1) is 0 Å². The van der Waals surface area contributed by atoms with Crippen LogP contribution in [0.5, 0.6) is 0 Å². The molecule has 0 heterocycles. The molecule has 0 aliphatic heterocycles. The Kier molecular flexibility index (Phi) is 6.55. The monoisotopic (exact) mass is 231 g/mol. The quantitative estimate of drug-likeness (QED) is 0.600. The van der Waals surface area contributed by atoms with Gasteiger partial charge in [0.25, 0.3) is 0 Å². The van der Waals surface area contributed by atoms with E-state index in [1.165, 1.54) is 0 Å². The number of ether oxygens (including phenoxy) is 1. The molecule has 0 rings (SSSR count). The molecular formula is C11H25N3O2. The van der Waals surface area contributed by atoms with Gasteiger partial charge in [0, 0.05) is 20.2 Å². The predicted molar refractivity (Wildman–Crippen MR) is 65.2 cm³/mol. The van der Waals surface area contributed by atoms with Crippen molar-refractivity contribution in [3.8, 4) is 0 Å². The summed E-state index contributed by atoms with van der Waals surface area (Å²) >= 11 is 0. The van der Waals surface area contributed by atoms with Crippen molar-refractivity contribution in [2.45, 2.75) is 19.4 Å². The second-order valence-electron chi connectivity index (χ2n) is 4.65. The molecule has 1 amide bonds. The molecule has 16 heavy (non-hydrogen) atoms. The summed E-state index contributed by atoms with van der Waals surface area (Å²) in [5.74, 6) is -0.268. The van der Waals surface area contributed by atoms with Crippen LogP contribution in [0.15, 0.2) is 0 Å². The number of nitrogens with two attached hydrogens (primary N) is 1. The number of hydrogen-bond acceptors (Lipinski definition) is 4. The highest BCUT2D eigenvalue weighted by Gasteiger charge is 2.39. The first kappa shape index (κ1) is 15.3. The van der Waals surface area contributed by atoms with Crippen LogP contribution < -0.4 is 11.1 Å². The molecule has 0 aromatic heterocycles. The van der Waals surface area contributed by atoms with Gasteiger partial charge in [0.15, 0.2) is 0 Å². The summed E-state index contributed by atoms with van der Waals surface area (Å²) in [4.78, 5) is 13.6. The Labute approximate surface area is 98.3 Å². The largest absolute Gasteiger partial charge is 0.382 e. The zero-order chi connectivity index (χ0) is 12.8. The van der Waals surface area contributed by atoms with E-state index in [9.17, 15) is 4.79 Å². The van der Waals surface area contributed by atoms with Gasteiger partial charge in [0.2, 0.25) is 5.91 Å². The van der Waals surface area contributed by atoms with Gasteiger partial charge in [-0.2, -0.15) is 0 Å². The van der Waals surface area contributed by atoms with Crippen LogP contribution in [0.1, 0.15) is 13.8 Å². The summed E-state index contributed by atoms with van der Waals surface area (Å²) in [5, 5.41) is 3.22. The summed E-state index contributed by atoms with van der Waals surface area (Å²) in [6, 6.07) is 0. The summed E-state index contributed by atoms with van der Waals surface area (Å²) in [7, 11) is 5.55. The van der Waals surface area contributed by atoms with Gasteiger partial charge in [0.1, 0.15) is 5.54 Å². The molecule has 5 heteroatoms. The topological polar surface area (TPSA) is 67.6 Å². The SMILES string of the molecule is COCC(NCCN(C)C)(C(N)=O)C(C)C. The van der Waals surface area contributed by atoms with Crippen LogP contribution in [-0.2, 0) is 9.53 Å². The number of carbonyl (C=O) groups is 1. The number of carbonyl (C=O) groups excluding carboxylic acids is 1. The molecule has 0 radical (unpaired) electrons. The average molecular weight is 231 g/mol. The van der Waals surface area contributed by atoms with Crippen molar-refractivity contribution < 1.29 is 9.53 Å². The van der Waals surface area contributed by atoms with E-state index in [0.29, 0.717) is 13.2 Å². The van der Waals surface area contributed by atoms with Crippen LogP contribution in [0.2, 0.25) is 0 Å². The standard InChI is InChI=1S/C11H25N3O2/c1-9(2)11(8-16-5,10(12)15)13-6-7-14(3)4/h9,13H,6-8H2,1-5H3,(H2,12,15). The number of hydrogen-bond donors (Lipinski definition) is 2. The average Bonchev–Trinajstić information content (AvgIpc) is 2.14. The number of likely N-dealkylation sites (N-methyl/N-ethyl adjacent to an activating group) is 1. The van der Waals surface area contributed by atoms with Gasteiger partial charge in [0.05, 0.1) is 6.61 Å². The van der Waals surface area contributed by atoms with E-state index in [1.807, 2.05) is 32.8 Å². The van der Waals surface area contributed by atoms with Crippen molar-refractivity contribution in [3.05, 3.63) is 0 Å². The minimum Gasteiger partial charge on any atom is -0.382 e. The van der Waals surface area contributed by atoms with Gasteiger partial charge in [-0.3, -0.25) is 10.1 Å². The molecule has 0 aliphatic carbocycles. The van der Waals surface area contributed by atoms with E-state index in [0.717, 1.165) is 6.54 Å². The first-order valence-electron chi connectivity index (χ1n) is 5.55. The maximum atomic E-state index is 11.6. The van der Waals surface area contributed by atoms with E-state index in [1.54, 1.807) is 7.11 Å². The Morgan fingerprint density at radius 1 is 1.50 bits per heavy atom. The fraction of sp³-hybridized carbons (Fsp3) is 0.909. The smallest absolute Gasteiger partial charge is 0.240 e. The Bertz CT molecular complexity index is 219. The van der Waals surface area contributed by atoms with Gasteiger partial charge in [-0.1, -0.05) is 13.8 Å². The summed E-state index contributed by atoms with van der Waals surface area (Å²) in [6.07, 6.45) is 0. The van der Waals surface area contributed by atoms with E-state index in [4.69, 9.17) is 10.5 Å². The van der Waals surface area contributed by atoms with Crippen LogP contribution in [0.25, 0.3) is 0 Å². The first-order valence-corrected chi connectivity index (χ1v) is 5.55. The lowest BCUT2D eigenvalue weighted by atomic mass is 9.86. The number of methoxy groups -OCH3 is 1. The maximum absolute atomic E-state index is 11.6. The van der Waals surface area contributed by atoms with Crippen molar-refractivity contribution >= 4 is 5.91 Å². The number of nitrogens with one attached hydrogen (secondary N) is 1. The lowest BCUT2D eigenvalue weighted by Gasteiger charge is -2.35. The van der Waals surface area contributed by atoms with Crippen LogP contribution in [-0.4, -0.2) is 57.2 Å². The molecule has 0 spiro atoms. The Morgan fingerprint density at radius 2 is 2.06 bits per heavy atom. The minimum atomic E-state index is -0.773. The maximum Gasteiger partial charge on any atom is 0.240 e. The van der Waals surface area contributed by atoms with Crippen molar-refractivity contribution in [2.75, 3.05) is 40.9 Å². The fourth-order valence-corrected chi connectivity index (χ4v) is 1.59. The number of primary amides is 1. The third-order valence-electron chi connectivity index (χ3n) is 2.80. The Balaban J connectivity index is 4.56. The number of nitrogens with zero attached hydrogens (tertiary/aromatic N) is 1. The lowest BCUT2D eigenvalue weighted by molar-refractivity contribution is -0.128. The van der Waals surface area contributed by atoms with Gasteiger partial charge >= 0.3 is 0 Å². The molecule has 0 fully saturated rings. The molecule has 0 aromatic rings. The van der Waals surface area contributed by atoms with Gasteiger partial charge in [-0.25, -0.2) is 0 Å².